The molecule has 44 heavy (non-hydrogen) atoms. The molecule has 1 fully saturated rings. The van der Waals surface area contributed by atoms with Gasteiger partial charge in [0.05, 0.1) is 5.92 Å². The first-order chi connectivity index (χ1) is 20.9. The van der Waals surface area contributed by atoms with Crippen molar-refractivity contribution in [2.75, 3.05) is 19.5 Å². The number of nitrogens with zero attached hydrogens (tertiary/aromatic N) is 4. The molecule has 1 saturated carbocycles. The van der Waals surface area contributed by atoms with E-state index in [1.165, 1.54) is 32.5 Å². The number of para-hydroxylation sites is 1. The smallest absolute Gasteiger partial charge is 0.459 e. The molecule has 0 spiro atoms. The number of hydrogen-bond donors (Lipinski definition) is 2. The molecule has 0 amide bonds. The molecule has 238 valence electrons. The number of rotatable bonds is 13. The summed E-state index contributed by atoms with van der Waals surface area (Å²) in [6, 6.07) is 12.4. The minimum Gasteiger partial charge on any atom is -0.461 e. The molecule has 1 aliphatic rings. The van der Waals surface area contributed by atoms with Crippen molar-refractivity contribution < 1.29 is 41.1 Å². The second kappa shape index (κ2) is 13.9. The number of anilines is 1. The summed E-state index contributed by atoms with van der Waals surface area (Å²) in [6.45, 7) is 0.855. The highest BCUT2D eigenvalue weighted by Crippen LogP contribution is 2.46. The molecule has 3 atom stereocenters. The molecule has 1 aromatic carbocycles. The highest BCUT2D eigenvalue weighted by atomic mass is 31.2. The predicted molar refractivity (Wildman–Crippen MR) is 152 cm³/mol. The van der Waals surface area contributed by atoms with Gasteiger partial charge in [0.15, 0.2) is 11.4 Å². The summed E-state index contributed by atoms with van der Waals surface area (Å²) in [5, 5.41) is 16.8. The number of methoxy groups -OCH3 is 1. The van der Waals surface area contributed by atoms with Crippen LogP contribution in [0.3, 0.4) is 0 Å². The largest absolute Gasteiger partial charge is 0.461 e. The lowest BCUT2D eigenvalue weighted by Gasteiger charge is -2.31. The molecule has 0 aliphatic heterocycles. The molecule has 0 bridgehead atoms. The predicted octanol–water partition coefficient (Wildman–Crippen LogP) is 5.00. The minimum atomic E-state index is -4.36. The number of alkyl halides is 3. The molecule has 1 aliphatic carbocycles. The third-order valence-corrected chi connectivity index (χ3v) is 9.13. The van der Waals surface area contributed by atoms with Crippen LogP contribution in [0.5, 0.6) is 5.75 Å². The van der Waals surface area contributed by atoms with E-state index in [1.807, 2.05) is 0 Å². The molecule has 2 unspecified atom stereocenters. The first kappa shape index (κ1) is 33.2. The lowest BCUT2D eigenvalue weighted by Crippen LogP contribution is -2.40. The van der Waals surface area contributed by atoms with Gasteiger partial charge in [-0.2, -0.15) is 28.6 Å². The molecule has 4 rings (SSSR count). The number of nitrogen functional groups attached to an aromatic ring is 1. The maximum atomic E-state index is 14.0. The zero-order chi connectivity index (χ0) is 32.0. The van der Waals surface area contributed by atoms with Crippen LogP contribution in [0.25, 0.3) is 5.52 Å². The number of aromatic nitrogens is 3. The first-order valence-electron chi connectivity index (χ1n) is 13.9. The number of nitrogens with two attached hydrogens (primary N) is 1. The van der Waals surface area contributed by atoms with Crippen LogP contribution in [0.2, 0.25) is 0 Å². The van der Waals surface area contributed by atoms with Gasteiger partial charge in [0, 0.05) is 12.8 Å². The Morgan fingerprint density at radius 3 is 2.55 bits per heavy atom. The summed E-state index contributed by atoms with van der Waals surface area (Å²) in [4.78, 5) is 16.8. The number of esters is 1. The van der Waals surface area contributed by atoms with Crippen molar-refractivity contribution in [2.24, 2.45) is 5.92 Å². The summed E-state index contributed by atoms with van der Waals surface area (Å²) in [6.07, 6.45) is -3.45. The Morgan fingerprint density at radius 1 is 1.20 bits per heavy atom. The van der Waals surface area contributed by atoms with Crippen molar-refractivity contribution in [3.63, 3.8) is 0 Å². The van der Waals surface area contributed by atoms with E-state index < -0.39 is 50.2 Å². The van der Waals surface area contributed by atoms with E-state index in [4.69, 9.17) is 24.3 Å². The van der Waals surface area contributed by atoms with E-state index in [9.17, 15) is 27.8 Å². The first-order valence-corrected chi connectivity index (χ1v) is 15.5. The minimum absolute atomic E-state index is 0.0609. The lowest BCUT2D eigenvalue weighted by atomic mass is 9.87. The normalized spacial score (nSPS) is 20.6. The van der Waals surface area contributed by atoms with E-state index in [-0.39, 0.29) is 37.9 Å². The number of halogens is 3. The number of ether oxygens (including phenoxy) is 2. The topological polar surface area (TPSA) is 163 Å². The van der Waals surface area contributed by atoms with Crippen molar-refractivity contribution >= 4 is 25.1 Å². The summed E-state index contributed by atoms with van der Waals surface area (Å²) < 4.78 is 76.9. The van der Waals surface area contributed by atoms with E-state index in [0.717, 1.165) is 0 Å². The molecule has 16 heteroatoms. The number of nitrogens with one attached hydrogen (secondary N) is 1. The van der Waals surface area contributed by atoms with Crippen LogP contribution in [-0.4, -0.2) is 58.2 Å². The highest BCUT2D eigenvalue weighted by molar-refractivity contribution is 7.52. The molecule has 2 heterocycles. The second-order valence-electron chi connectivity index (χ2n) is 10.6. The number of nitriles is 1. The fourth-order valence-corrected chi connectivity index (χ4v) is 6.39. The number of carbonyl (C=O) groups excluding carboxylic acids is 1. The average Bonchev–Trinajstić information content (AvgIpc) is 3.42. The summed E-state index contributed by atoms with van der Waals surface area (Å²) in [7, 11) is -3.05. The van der Waals surface area contributed by atoms with E-state index in [0.29, 0.717) is 23.4 Å². The molecule has 12 nitrogen and oxygen atoms in total. The maximum Gasteiger partial charge on any atom is 0.459 e. The quantitative estimate of drug-likeness (QED) is 0.191. The fraction of sp³-hybridized carbons (Fsp3) is 0.500. The van der Waals surface area contributed by atoms with Crippen LogP contribution in [0.4, 0.5) is 19.0 Å². The fourth-order valence-electron chi connectivity index (χ4n) is 4.86. The van der Waals surface area contributed by atoms with Gasteiger partial charge in [0.2, 0.25) is 0 Å². The Hall–Kier alpha value is -3.70. The number of carbonyl (C=O) groups is 1. The Balaban J connectivity index is 1.44. The zero-order valence-corrected chi connectivity index (χ0v) is 25.1. The number of fused-ring (bicyclic) bond motifs is 1. The van der Waals surface area contributed by atoms with Crippen LogP contribution in [0.1, 0.15) is 44.7 Å². The molecule has 0 radical (unpaired) electrons. The van der Waals surface area contributed by atoms with Gasteiger partial charge in [-0.1, -0.05) is 18.2 Å². The number of benzene rings is 1. The number of aryl methyl sites for hydroxylation is 1. The van der Waals surface area contributed by atoms with Gasteiger partial charge in [-0.15, -0.1) is 0 Å². The standard InChI is InChI=1S/C28H34F3N6O6P/c1-19(26(38)42-22-11-8-20(9-12-22)28(29,30)31)36-44(39,43-23-6-4-3-5-7-23)41-17-27(16-32,40-2)15-14-21-10-13-24-25(33)34-18-35-37(21)24/h3-7,10,13,18-20,22H,8-9,11-12,14-15,17H2,1-2H3,(H,36,39)(H2,33,34,35)/t19-,20-,22+,27?,44?/m0/s1. The van der Waals surface area contributed by atoms with Crippen molar-refractivity contribution in [2.45, 2.75) is 69.4 Å². The van der Waals surface area contributed by atoms with E-state index in [1.54, 1.807) is 34.8 Å². The molecular formula is C28H34F3N6O6P. The van der Waals surface area contributed by atoms with Gasteiger partial charge in [0.1, 0.15) is 42.4 Å². The van der Waals surface area contributed by atoms with Crippen LogP contribution in [-0.2, 0) is 29.8 Å². The third kappa shape index (κ3) is 8.26. The second-order valence-corrected chi connectivity index (χ2v) is 12.2. The Labute approximate surface area is 252 Å². The summed E-state index contributed by atoms with van der Waals surface area (Å²) in [5.41, 5.74) is 5.63. The lowest BCUT2D eigenvalue weighted by molar-refractivity contribution is -0.188. The van der Waals surface area contributed by atoms with Gasteiger partial charge in [0.25, 0.3) is 0 Å². The highest BCUT2D eigenvalue weighted by Gasteiger charge is 2.43. The molecular weight excluding hydrogens is 604 g/mol. The zero-order valence-electron chi connectivity index (χ0n) is 24.2. The summed E-state index contributed by atoms with van der Waals surface area (Å²) in [5.74, 6) is -1.81. The molecule has 2 aromatic heterocycles. The average molecular weight is 639 g/mol. The molecule has 3 N–H and O–H groups in total. The van der Waals surface area contributed by atoms with Gasteiger partial charge in [-0.05, 0) is 69.7 Å². The Morgan fingerprint density at radius 2 is 1.91 bits per heavy atom. The van der Waals surface area contributed by atoms with Gasteiger partial charge < -0.3 is 19.7 Å². The van der Waals surface area contributed by atoms with Crippen LogP contribution < -0.4 is 15.3 Å². The molecule has 0 saturated heterocycles. The van der Waals surface area contributed by atoms with Crippen LogP contribution >= 0.6 is 7.75 Å². The van der Waals surface area contributed by atoms with Gasteiger partial charge >= 0.3 is 19.9 Å². The van der Waals surface area contributed by atoms with Crippen molar-refractivity contribution in [1.29, 1.82) is 5.26 Å². The van der Waals surface area contributed by atoms with E-state index >= 15 is 0 Å². The van der Waals surface area contributed by atoms with Gasteiger partial charge in [-0.25, -0.2) is 14.1 Å². The van der Waals surface area contributed by atoms with Crippen molar-refractivity contribution in [3.05, 3.63) is 54.5 Å². The van der Waals surface area contributed by atoms with Gasteiger partial charge in [-0.3, -0.25) is 9.32 Å². The Bertz CT molecular complexity index is 1510. The van der Waals surface area contributed by atoms with Crippen molar-refractivity contribution in [1.82, 2.24) is 19.7 Å². The third-order valence-electron chi connectivity index (χ3n) is 7.50. The maximum absolute atomic E-state index is 14.0. The number of hydrogen-bond acceptors (Lipinski definition) is 10. The Kier molecular flexibility index (Phi) is 10.5. The SMILES string of the molecule is COC(C#N)(CCc1ccc2c(N)ncnn12)COP(=O)(N[C@@H](C)C(=O)O[C@H]1CC[C@@H](C(F)(F)F)CC1)Oc1ccccc1. The van der Waals surface area contributed by atoms with E-state index in [2.05, 4.69) is 21.2 Å². The van der Waals surface area contributed by atoms with Crippen molar-refractivity contribution in [3.8, 4) is 11.8 Å². The van der Waals surface area contributed by atoms with Crippen LogP contribution in [0.15, 0.2) is 48.8 Å². The van der Waals surface area contributed by atoms with Crippen LogP contribution in [0, 0.1) is 17.2 Å². The monoisotopic (exact) mass is 638 g/mol. The summed E-state index contributed by atoms with van der Waals surface area (Å²) >= 11 is 0. The molecule has 3 aromatic rings.